The minimum absolute atomic E-state index is 0.274. The van der Waals surface area contributed by atoms with Gasteiger partial charge in [0.1, 0.15) is 6.04 Å². The van der Waals surface area contributed by atoms with Gasteiger partial charge in [0.05, 0.1) is 22.3 Å². The summed E-state index contributed by atoms with van der Waals surface area (Å²) in [6.45, 7) is 3.36. The van der Waals surface area contributed by atoms with Crippen molar-refractivity contribution in [1.29, 1.82) is 0 Å². The van der Waals surface area contributed by atoms with Gasteiger partial charge in [0.2, 0.25) is 5.91 Å². The van der Waals surface area contributed by atoms with E-state index in [1.54, 1.807) is 19.9 Å². The number of aryl methyl sites for hydroxylation is 1. The van der Waals surface area contributed by atoms with Crippen molar-refractivity contribution in [3.05, 3.63) is 47.7 Å². The van der Waals surface area contributed by atoms with Crippen LogP contribution in [0.1, 0.15) is 23.0 Å². The van der Waals surface area contributed by atoms with E-state index in [1.165, 1.54) is 7.05 Å². The monoisotopic (exact) mass is 338 g/mol. The molecular weight excluding hydrogens is 320 g/mol. The average molecular weight is 338 g/mol. The van der Waals surface area contributed by atoms with Gasteiger partial charge in [-0.15, -0.1) is 0 Å². The first-order valence-corrected chi connectivity index (χ1v) is 7.86. The summed E-state index contributed by atoms with van der Waals surface area (Å²) in [6, 6.07) is 10.5. The van der Waals surface area contributed by atoms with E-state index in [-0.39, 0.29) is 17.5 Å². The fraction of sp³-hybridized carbons (Fsp3) is 0.222. The van der Waals surface area contributed by atoms with Crippen LogP contribution in [0.15, 0.2) is 40.9 Å². The molecule has 3 aromatic rings. The summed E-state index contributed by atoms with van der Waals surface area (Å²) in [5, 5.41) is 9.64. The van der Waals surface area contributed by atoms with Crippen LogP contribution < -0.4 is 10.6 Å². The van der Waals surface area contributed by atoms with Gasteiger partial charge < -0.3 is 15.2 Å². The van der Waals surface area contributed by atoms with Gasteiger partial charge in [-0.2, -0.15) is 0 Å². The van der Waals surface area contributed by atoms with E-state index in [0.717, 1.165) is 5.56 Å². The quantitative estimate of drug-likeness (QED) is 0.759. The standard InChI is InChI=1S/C18H18N4O3/c1-10-15-13(17(24)20-11(2)16(23)19-3)9-14(21-18(15)25-22-10)12-7-5-4-6-8-12/h4-9,11H,1-3H3,(H,19,23)(H,20,24)/t11-/m1/s1. The Morgan fingerprint density at radius 3 is 2.60 bits per heavy atom. The molecule has 0 saturated carbocycles. The van der Waals surface area contributed by atoms with E-state index in [4.69, 9.17) is 4.52 Å². The van der Waals surface area contributed by atoms with E-state index >= 15 is 0 Å². The molecule has 0 unspecified atom stereocenters. The Morgan fingerprint density at radius 1 is 1.20 bits per heavy atom. The highest BCUT2D eigenvalue weighted by Gasteiger charge is 2.22. The highest BCUT2D eigenvalue weighted by Crippen LogP contribution is 2.26. The minimum atomic E-state index is -0.666. The first-order valence-electron chi connectivity index (χ1n) is 7.86. The number of benzene rings is 1. The predicted molar refractivity (Wildman–Crippen MR) is 93.0 cm³/mol. The molecule has 7 nitrogen and oxygen atoms in total. The molecule has 0 aliphatic heterocycles. The lowest BCUT2D eigenvalue weighted by molar-refractivity contribution is -0.122. The van der Waals surface area contributed by atoms with Crippen molar-refractivity contribution in [2.45, 2.75) is 19.9 Å². The topological polar surface area (TPSA) is 97.1 Å². The summed E-state index contributed by atoms with van der Waals surface area (Å²) in [7, 11) is 1.52. The number of nitrogens with zero attached hydrogens (tertiary/aromatic N) is 2. The summed E-state index contributed by atoms with van der Waals surface area (Å²) in [6.07, 6.45) is 0. The number of nitrogens with one attached hydrogen (secondary N) is 2. The van der Waals surface area contributed by atoms with Gasteiger partial charge in [-0.1, -0.05) is 35.5 Å². The largest absolute Gasteiger partial charge is 0.357 e. The lowest BCUT2D eigenvalue weighted by atomic mass is 10.0. The Morgan fingerprint density at radius 2 is 1.92 bits per heavy atom. The highest BCUT2D eigenvalue weighted by atomic mass is 16.5. The zero-order chi connectivity index (χ0) is 18.0. The predicted octanol–water partition coefficient (Wildman–Crippen LogP) is 2.06. The maximum atomic E-state index is 12.7. The van der Waals surface area contributed by atoms with Crippen molar-refractivity contribution >= 4 is 22.9 Å². The number of hydrogen-bond donors (Lipinski definition) is 2. The highest BCUT2D eigenvalue weighted by molar-refractivity contribution is 6.08. The van der Waals surface area contributed by atoms with Gasteiger partial charge in [0.15, 0.2) is 0 Å². The SMILES string of the molecule is CNC(=O)[C@@H](C)NC(=O)c1cc(-c2ccccc2)nc2onc(C)c12. The third-order valence-electron chi connectivity index (χ3n) is 3.92. The zero-order valence-corrected chi connectivity index (χ0v) is 14.2. The van der Waals surface area contributed by atoms with Crippen LogP contribution >= 0.6 is 0 Å². The zero-order valence-electron chi connectivity index (χ0n) is 14.2. The molecule has 0 radical (unpaired) electrons. The number of carbonyl (C=O) groups is 2. The van der Waals surface area contributed by atoms with Crippen LogP contribution in [0.25, 0.3) is 22.4 Å². The van der Waals surface area contributed by atoms with Gasteiger partial charge >= 0.3 is 0 Å². The van der Waals surface area contributed by atoms with Crippen LogP contribution in [-0.4, -0.2) is 35.0 Å². The Labute approximate surface area is 144 Å². The maximum Gasteiger partial charge on any atom is 0.259 e. The van der Waals surface area contributed by atoms with E-state index in [2.05, 4.69) is 20.8 Å². The third-order valence-corrected chi connectivity index (χ3v) is 3.92. The molecule has 128 valence electrons. The molecule has 0 aliphatic rings. The summed E-state index contributed by atoms with van der Waals surface area (Å²) >= 11 is 0. The number of pyridine rings is 1. The Bertz CT molecular complexity index is 934. The molecule has 0 spiro atoms. The number of aromatic nitrogens is 2. The molecule has 1 aromatic carbocycles. The third kappa shape index (κ3) is 3.21. The van der Waals surface area contributed by atoms with Crippen LogP contribution in [0.2, 0.25) is 0 Å². The molecule has 0 bridgehead atoms. The first kappa shape index (κ1) is 16.6. The molecule has 0 fully saturated rings. The molecule has 25 heavy (non-hydrogen) atoms. The number of likely N-dealkylation sites (N-methyl/N-ethyl adjacent to an activating group) is 1. The van der Waals surface area contributed by atoms with Crippen LogP contribution in [0.4, 0.5) is 0 Å². The van der Waals surface area contributed by atoms with Crippen molar-refractivity contribution < 1.29 is 14.1 Å². The molecule has 2 aromatic heterocycles. The van der Waals surface area contributed by atoms with Crippen LogP contribution in [0.5, 0.6) is 0 Å². The van der Waals surface area contributed by atoms with Crippen molar-refractivity contribution in [3.8, 4) is 11.3 Å². The smallest absolute Gasteiger partial charge is 0.259 e. The van der Waals surface area contributed by atoms with Gasteiger partial charge in [-0.3, -0.25) is 9.59 Å². The van der Waals surface area contributed by atoms with E-state index < -0.39 is 6.04 Å². The lowest BCUT2D eigenvalue weighted by Gasteiger charge is -2.13. The van der Waals surface area contributed by atoms with E-state index in [1.807, 2.05) is 30.3 Å². The number of rotatable bonds is 4. The van der Waals surface area contributed by atoms with Crippen molar-refractivity contribution in [2.24, 2.45) is 0 Å². The molecule has 0 aliphatic carbocycles. The van der Waals surface area contributed by atoms with Gasteiger partial charge in [0, 0.05) is 12.6 Å². The summed E-state index contributed by atoms with van der Waals surface area (Å²) < 4.78 is 5.25. The van der Waals surface area contributed by atoms with E-state index in [0.29, 0.717) is 22.3 Å². The summed E-state index contributed by atoms with van der Waals surface area (Å²) in [4.78, 5) is 28.9. The molecule has 0 saturated heterocycles. The second kappa shape index (κ2) is 6.72. The first-order chi connectivity index (χ1) is 12.0. The van der Waals surface area contributed by atoms with Gasteiger partial charge in [0.25, 0.3) is 11.6 Å². The minimum Gasteiger partial charge on any atom is -0.357 e. The summed E-state index contributed by atoms with van der Waals surface area (Å²) in [5.41, 5.74) is 2.68. The Kier molecular flexibility index (Phi) is 4.47. The number of carbonyl (C=O) groups excluding carboxylic acids is 2. The summed E-state index contributed by atoms with van der Waals surface area (Å²) in [5.74, 6) is -0.657. The molecule has 2 N–H and O–H groups in total. The average Bonchev–Trinajstić information content (AvgIpc) is 3.02. The number of fused-ring (bicyclic) bond motifs is 1. The molecule has 2 amide bonds. The van der Waals surface area contributed by atoms with Crippen molar-refractivity contribution in [3.63, 3.8) is 0 Å². The van der Waals surface area contributed by atoms with Crippen molar-refractivity contribution in [1.82, 2.24) is 20.8 Å². The number of hydrogen-bond acceptors (Lipinski definition) is 5. The van der Waals surface area contributed by atoms with E-state index in [9.17, 15) is 9.59 Å². The fourth-order valence-corrected chi connectivity index (χ4v) is 2.59. The molecular formula is C18H18N4O3. The molecule has 3 rings (SSSR count). The normalized spacial score (nSPS) is 12.0. The number of amides is 2. The van der Waals surface area contributed by atoms with Crippen LogP contribution in [0, 0.1) is 6.92 Å². The maximum absolute atomic E-state index is 12.7. The second-order valence-electron chi connectivity index (χ2n) is 5.68. The van der Waals surface area contributed by atoms with Crippen LogP contribution in [-0.2, 0) is 4.79 Å². The van der Waals surface area contributed by atoms with Gasteiger partial charge in [-0.25, -0.2) is 4.98 Å². The fourth-order valence-electron chi connectivity index (χ4n) is 2.59. The second-order valence-corrected chi connectivity index (χ2v) is 5.68. The molecule has 2 heterocycles. The van der Waals surface area contributed by atoms with Gasteiger partial charge in [-0.05, 0) is 19.9 Å². The Balaban J connectivity index is 2.08. The molecule has 7 heteroatoms. The lowest BCUT2D eigenvalue weighted by Crippen LogP contribution is -2.43. The molecule has 1 atom stereocenters. The van der Waals surface area contributed by atoms with Crippen LogP contribution in [0.3, 0.4) is 0 Å². The Hall–Kier alpha value is -3.22. The van der Waals surface area contributed by atoms with Crippen molar-refractivity contribution in [2.75, 3.05) is 7.05 Å².